The van der Waals surface area contributed by atoms with Gasteiger partial charge in [0.1, 0.15) is 40.9 Å². The molecule has 0 aliphatic carbocycles. The molecule has 0 saturated carbocycles. The van der Waals surface area contributed by atoms with Crippen LogP contribution in [0.3, 0.4) is 0 Å². The zero-order chi connectivity index (χ0) is 33.6. The van der Waals surface area contributed by atoms with Gasteiger partial charge in [-0.15, -0.1) is 0 Å². The lowest BCUT2D eigenvalue weighted by molar-refractivity contribution is 0.0598. The molecule has 0 fully saturated rings. The first-order valence-corrected chi connectivity index (χ1v) is 16.4. The van der Waals surface area contributed by atoms with Crippen molar-refractivity contribution in [2.24, 2.45) is 0 Å². The fourth-order valence-electron chi connectivity index (χ4n) is 5.07. The van der Waals surface area contributed by atoms with Crippen LogP contribution in [0.4, 0.5) is 0 Å². The van der Waals surface area contributed by atoms with Gasteiger partial charge in [-0.2, -0.15) is 0 Å². The van der Waals surface area contributed by atoms with Gasteiger partial charge in [-0.1, -0.05) is 81.0 Å². The molecule has 0 aromatic heterocycles. The summed E-state index contributed by atoms with van der Waals surface area (Å²) in [5.74, 6) is 2.76. The number of rotatable bonds is 18. The molecule has 0 radical (unpaired) electrons. The number of nitrogens with one attached hydrogen (secondary N) is 1. The minimum Gasteiger partial charge on any atom is -0.493 e. The number of aryl methyl sites for hydroxylation is 1. The van der Waals surface area contributed by atoms with Crippen LogP contribution in [0.25, 0.3) is 0 Å². The Balaban J connectivity index is 1.44. The molecule has 47 heavy (non-hydrogen) atoms. The number of carbonyl (C=O) groups is 1. The second-order valence-electron chi connectivity index (χ2n) is 11.1. The van der Waals surface area contributed by atoms with Crippen LogP contribution in [0, 0.1) is 5.41 Å². The number of benzene rings is 4. The van der Waals surface area contributed by atoms with Crippen LogP contribution in [-0.2, 0) is 24.2 Å². The van der Waals surface area contributed by atoms with Crippen LogP contribution < -0.4 is 18.9 Å². The Kier molecular flexibility index (Phi) is 13.4. The number of methoxy groups -OCH3 is 1. The summed E-state index contributed by atoms with van der Waals surface area (Å²) in [6.07, 6.45) is 3.46. The van der Waals surface area contributed by atoms with Gasteiger partial charge in [0.25, 0.3) is 0 Å². The monoisotopic (exact) mass is 653 g/mol. The number of para-hydroxylation sites is 1. The Morgan fingerprint density at radius 1 is 0.766 bits per heavy atom. The van der Waals surface area contributed by atoms with E-state index in [1.54, 1.807) is 25.1 Å². The van der Waals surface area contributed by atoms with Crippen molar-refractivity contribution in [3.8, 4) is 28.7 Å². The van der Waals surface area contributed by atoms with E-state index in [1.807, 2.05) is 66.7 Å². The average Bonchev–Trinajstić information content (AvgIpc) is 3.08. The van der Waals surface area contributed by atoms with Crippen LogP contribution in [0.2, 0.25) is 0 Å². The van der Waals surface area contributed by atoms with Gasteiger partial charge < -0.3 is 29.1 Å². The molecule has 0 atom stereocenters. The summed E-state index contributed by atoms with van der Waals surface area (Å²) in [7, 11) is 1.35. The predicted octanol–water partition coefficient (Wildman–Crippen LogP) is 9.36. The topological polar surface area (TPSA) is 87.1 Å². The lowest BCUT2D eigenvalue weighted by Crippen LogP contribution is -2.10. The van der Waals surface area contributed by atoms with E-state index in [2.05, 4.69) is 13.8 Å². The Hall–Kier alpha value is -4.69. The fraction of sp³-hybridized carbons (Fsp3) is 0.308. The Morgan fingerprint density at radius 2 is 1.45 bits per heavy atom. The molecule has 0 amide bonds. The zero-order valence-corrected chi connectivity index (χ0v) is 28.4. The van der Waals surface area contributed by atoms with Gasteiger partial charge in [-0.25, -0.2) is 4.79 Å². The predicted molar refractivity (Wildman–Crippen MR) is 190 cm³/mol. The van der Waals surface area contributed by atoms with Gasteiger partial charge in [0.05, 0.1) is 20.3 Å². The Morgan fingerprint density at radius 3 is 2.15 bits per heavy atom. The highest BCUT2D eigenvalue weighted by Gasteiger charge is 2.18. The van der Waals surface area contributed by atoms with Gasteiger partial charge in [0.2, 0.25) is 0 Å². The van der Waals surface area contributed by atoms with Crippen molar-refractivity contribution in [1.29, 1.82) is 5.41 Å². The number of hydrogen-bond donors (Lipinski definition) is 1. The molecule has 0 spiro atoms. The van der Waals surface area contributed by atoms with Crippen LogP contribution in [0.5, 0.6) is 28.7 Å². The van der Waals surface area contributed by atoms with Crippen molar-refractivity contribution in [3.63, 3.8) is 0 Å². The molecular formula is C39H43NO6S. The van der Waals surface area contributed by atoms with Crippen LogP contribution in [-0.4, -0.2) is 36.9 Å². The SMILES string of the molecule is CCCc1c(OCCCOc2cc(OCc3ccccc3)c(C(=S)CC(C)=N)cc2CC)cccc1Oc1ccccc1C(=O)OC. The molecule has 8 heteroatoms. The first kappa shape index (κ1) is 35.2. The van der Waals surface area contributed by atoms with Crippen molar-refractivity contribution < 1.29 is 28.5 Å². The first-order valence-electron chi connectivity index (χ1n) is 16.0. The number of esters is 1. The summed E-state index contributed by atoms with van der Waals surface area (Å²) < 4.78 is 30.0. The molecule has 0 heterocycles. The third-order valence-electron chi connectivity index (χ3n) is 7.41. The zero-order valence-electron chi connectivity index (χ0n) is 27.6. The first-order chi connectivity index (χ1) is 22.8. The lowest BCUT2D eigenvalue weighted by Gasteiger charge is -2.19. The smallest absolute Gasteiger partial charge is 0.341 e. The molecule has 246 valence electrons. The third-order valence-corrected chi connectivity index (χ3v) is 7.78. The van der Waals surface area contributed by atoms with Gasteiger partial charge in [-0.3, -0.25) is 0 Å². The molecule has 7 nitrogen and oxygen atoms in total. The van der Waals surface area contributed by atoms with E-state index in [-0.39, 0.29) is 0 Å². The summed E-state index contributed by atoms with van der Waals surface area (Å²) in [5.41, 5.74) is 4.72. The van der Waals surface area contributed by atoms with Gasteiger partial charge in [0.15, 0.2) is 0 Å². The largest absolute Gasteiger partial charge is 0.493 e. The van der Waals surface area contributed by atoms with Gasteiger partial charge in [0, 0.05) is 40.6 Å². The Labute approximate surface area is 283 Å². The van der Waals surface area contributed by atoms with Crippen molar-refractivity contribution in [3.05, 3.63) is 113 Å². The molecule has 0 bridgehead atoms. The molecule has 0 aliphatic heterocycles. The standard InChI is InChI=1S/C39H43NO6S/c1-5-14-30-33(19-12-20-34(30)46-35-18-11-10-17-31(35)39(41)42-4)43-21-13-22-44-36-25-37(45-26-28-15-8-7-9-16-28)32(24-29(36)6-2)38(47)23-27(3)40/h7-12,15-20,24-25,40H,5-6,13-14,21-23,26H2,1-4H3. The maximum Gasteiger partial charge on any atom is 0.341 e. The second kappa shape index (κ2) is 17.9. The molecule has 1 N–H and O–H groups in total. The summed E-state index contributed by atoms with van der Waals surface area (Å²) in [4.78, 5) is 13.0. The highest BCUT2D eigenvalue weighted by Crippen LogP contribution is 2.35. The molecule has 0 saturated heterocycles. The van der Waals surface area contributed by atoms with Crippen LogP contribution >= 0.6 is 12.2 Å². The summed E-state index contributed by atoms with van der Waals surface area (Å²) in [6.45, 7) is 7.23. The van der Waals surface area contributed by atoms with E-state index in [1.165, 1.54) is 7.11 Å². The number of hydrogen-bond acceptors (Lipinski definition) is 8. The number of thiocarbonyl (C=S) groups is 1. The molecule has 0 aliphatic rings. The van der Waals surface area contributed by atoms with E-state index < -0.39 is 5.97 Å². The lowest BCUT2D eigenvalue weighted by atomic mass is 10.0. The average molecular weight is 654 g/mol. The third kappa shape index (κ3) is 9.90. The Bertz CT molecular complexity index is 1670. The van der Waals surface area contributed by atoms with E-state index >= 15 is 0 Å². The maximum atomic E-state index is 12.3. The van der Waals surface area contributed by atoms with Gasteiger partial charge >= 0.3 is 5.97 Å². The van der Waals surface area contributed by atoms with Crippen molar-refractivity contribution in [2.45, 2.75) is 59.5 Å². The summed E-state index contributed by atoms with van der Waals surface area (Å²) in [5, 5.41) is 7.96. The van der Waals surface area contributed by atoms with Crippen molar-refractivity contribution in [1.82, 2.24) is 0 Å². The maximum absolute atomic E-state index is 12.3. The van der Waals surface area contributed by atoms with E-state index in [9.17, 15) is 4.79 Å². The second-order valence-corrected chi connectivity index (χ2v) is 11.6. The quantitative estimate of drug-likeness (QED) is 0.0376. The summed E-state index contributed by atoms with van der Waals surface area (Å²) in [6, 6.07) is 26.7. The highest BCUT2D eigenvalue weighted by atomic mass is 32.1. The molecule has 0 unspecified atom stereocenters. The van der Waals surface area contributed by atoms with Crippen molar-refractivity contribution in [2.75, 3.05) is 20.3 Å². The van der Waals surface area contributed by atoms with Crippen LogP contribution in [0.15, 0.2) is 84.9 Å². The van der Waals surface area contributed by atoms with E-state index in [0.717, 1.165) is 53.0 Å². The fourth-order valence-corrected chi connectivity index (χ4v) is 5.45. The van der Waals surface area contributed by atoms with Crippen LogP contribution in [0.1, 0.15) is 72.6 Å². The van der Waals surface area contributed by atoms with E-state index in [4.69, 9.17) is 41.3 Å². The van der Waals surface area contributed by atoms with Crippen molar-refractivity contribution >= 4 is 28.8 Å². The normalized spacial score (nSPS) is 10.6. The van der Waals surface area contributed by atoms with E-state index in [0.29, 0.717) is 66.1 Å². The molecule has 4 aromatic rings. The molecular weight excluding hydrogens is 610 g/mol. The molecule has 4 aromatic carbocycles. The highest BCUT2D eigenvalue weighted by molar-refractivity contribution is 7.81. The minimum absolute atomic E-state index is 0.362. The summed E-state index contributed by atoms with van der Waals surface area (Å²) >= 11 is 5.72. The minimum atomic E-state index is -0.454. The number of carbonyl (C=O) groups excluding carboxylic acids is 1. The van der Waals surface area contributed by atoms with Gasteiger partial charge in [-0.05, 0) is 61.2 Å². The molecule has 4 rings (SSSR count). The number of ether oxygens (including phenoxy) is 5.